The van der Waals surface area contributed by atoms with Gasteiger partial charge in [-0.25, -0.2) is 9.78 Å². The first kappa shape index (κ1) is 17.9. The second kappa shape index (κ2) is 8.95. The van der Waals surface area contributed by atoms with Crippen molar-refractivity contribution in [1.82, 2.24) is 20.1 Å². The van der Waals surface area contributed by atoms with Crippen LogP contribution in [0.2, 0.25) is 0 Å². The average Bonchev–Trinajstić information content (AvgIpc) is 3.34. The van der Waals surface area contributed by atoms with E-state index in [1.807, 2.05) is 0 Å². The maximum Gasteiger partial charge on any atom is 0.319 e. The van der Waals surface area contributed by atoms with Crippen molar-refractivity contribution < 1.29 is 14.3 Å². The molecule has 1 aliphatic rings. The van der Waals surface area contributed by atoms with E-state index in [-0.39, 0.29) is 18.0 Å². The number of benzene rings is 1. The number of carbonyl (C=O) groups excluding carboxylic acids is 2. The van der Waals surface area contributed by atoms with E-state index in [2.05, 4.69) is 26.0 Å². The Labute approximate surface area is 151 Å². The molecule has 2 heterocycles. The maximum atomic E-state index is 11.9. The third-order valence-corrected chi connectivity index (χ3v) is 3.98. The molecule has 3 N–H and O–H groups in total. The van der Waals surface area contributed by atoms with Gasteiger partial charge in [-0.15, -0.1) is 0 Å². The van der Waals surface area contributed by atoms with Crippen molar-refractivity contribution >= 4 is 23.3 Å². The van der Waals surface area contributed by atoms with Crippen LogP contribution in [-0.2, 0) is 16.1 Å². The van der Waals surface area contributed by atoms with Crippen molar-refractivity contribution in [2.45, 2.75) is 31.9 Å². The highest BCUT2D eigenvalue weighted by molar-refractivity contribution is 5.92. The van der Waals surface area contributed by atoms with E-state index in [1.54, 1.807) is 35.3 Å². The highest BCUT2D eigenvalue weighted by atomic mass is 16.5. The number of aromatic nitrogens is 3. The van der Waals surface area contributed by atoms with Crippen LogP contribution in [-0.4, -0.2) is 46.0 Å². The fourth-order valence-electron chi connectivity index (χ4n) is 2.61. The van der Waals surface area contributed by atoms with Crippen LogP contribution < -0.4 is 16.0 Å². The van der Waals surface area contributed by atoms with Crippen LogP contribution in [0, 0.1) is 0 Å². The number of nitrogens with zero attached hydrogens (tertiary/aromatic N) is 3. The van der Waals surface area contributed by atoms with Gasteiger partial charge >= 0.3 is 6.03 Å². The number of hydrogen-bond acceptors (Lipinski definition) is 5. The molecule has 26 heavy (non-hydrogen) atoms. The van der Waals surface area contributed by atoms with Crippen molar-refractivity contribution in [2.75, 3.05) is 23.8 Å². The molecule has 1 fully saturated rings. The largest absolute Gasteiger partial charge is 0.376 e. The second-order valence-corrected chi connectivity index (χ2v) is 6.00. The average molecular weight is 358 g/mol. The number of aryl methyl sites for hydroxylation is 1. The smallest absolute Gasteiger partial charge is 0.319 e. The Bertz CT molecular complexity index is 711. The van der Waals surface area contributed by atoms with Crippen LogP contribution in [0.3, 0.4) is 0 Å². The number of ether oxygens (including phenoxy) is 1. The number of urea groups is 1. The second-order valence-electron chi connectivity index (χ2n) is 6.00. The predicted molar refractivity (Wildman–Crippen MR) is 95.7 cm³/mol. The van der Waals surface area contributed by atoms with E-state index in [9.17, 15) is 9.59 Å². The summed E-state index contributed by atoms with van der Waals surface area (Å²) < 4.78 is 7.06. The summed E-state index contributed by atoms with van der Waals surface area (Å²) in [6, 6.07) is 6.67. The molecular formula is C17H22N6O3. The normalized spacial score (nSPS) is 16.2. The van der Waals surface area contributed by atoms with E-state index < -0.39 is 0 Å². The molecule has 1 aromatic carbocycles. The van der Waals surface area contributed by atoms with Gasteiger partial charge in [-0.1, -0.05) is 0 Å². The van der Waals surface area contributed by atoms with Crippen molar-refractivity contribution in [3.05, 3.63) is 36.9 Å². The first-order valence-corrected chi connectivity index (χ1v) is 8.58. The fourth-order valence-corrected chi connectivity index (χ4v) is 2.61. The summed E-state index contributed by atoms with van der Waals surface area (Å²) in [6.45, 7) is 1.74. The highest BCUT2D eigenvalue weighted by Gasteiger charge is 2.16. The van der Waals surface area contributed by atoms with Gasteiger partial charge in [0.15, 0.2) is 0 Å². The van der Waals surface area contributed by atoms with Gasteiger partial charge in [0.05, 0.1) is 12.6 Å². The van der Waals surface area contributed by atoms with Gasteiger partial charge in [0.25, 0.3) is 0 Å². The van der Waals surface area contributed by atoms with Gasteiger partial charge in [0, 0.05) is 30.9 Å². The molecule has 1 atom stereocenters. The Hall–Kier alpha value is -2.94. The molecule has 1 saturated heterocycles. The van der Waals surface area contributed by atoms with Crippen molar-refractivity contribution in [3.8, 4) is 0 Å². The monoisotopic (exact) mass is 358 g/mol. The Morgan fingerprint density at radius 2 is 1.96 bits per heavy atom. The molecule has 9 nitrogen and oxygen atoms in total. The zero-order valence-electron chi connectivity index (χ0n) is 14.4. The lowest BCUT2D eigenvalue weighted by Crippen LogP contribution is -2.35. The zero-order chi connectivity index (χ0) is 18.2. The molecule has 0 radical (unpaired) electrons. The number of carbonyl (C=O) groups is 2. The first-order chi connectivity index (χ1) is 12.7. The number of anilines is 2. The molecule has 1 aliphatic heterocycles. The summed E-state index contributed by atoms with van der Waals surface area (Å²) in [6.07, 6.45) is 5.43. The molecular weight excluding hydrogens is 336 g/mol. The Balaban J connectivity index is 1.39. The number of amides is 3. The Morgan fingerprint density at radius 3 is 2.62 bits per heavy atom. The van der Waals surface area contributed by atoms with E-state index in [1.165, 1.54) is 6.33 Å². The molecule has 2 aromatic rings. The molecule has 0 bridgehead atoms. The molecule has 9 heteroatoms. The van der Waals surface area contributed by atoms with Gasteiger partial charge in [-0.05, 0) is 37.1 Å². The molecule has 1 unspecified atom stereocenters. The van der Waals surface area contributed by atoms with Gasteiger partial charge < -0.3 is 20.7 Å². The minimum atomic E-state index is -0.273. The van der Waals surface area contributed by atoms with Gasteiger partial charge in [0.2, 0.25) is 5.91 Å². The van der Waals surface area contributed by atoms with Gasteiger partial charge in [0.1, 0.15) is 12.7 Å². The van der Waals surface area contributed by atoms with Crippen molar-refractivity contribution in [1.29, 1.82) is 0 Å². The summed E-state index contributed by atoms with van der Waals surface area (Å²) >= 11 is 0. The zero-order valence-corrected chi connectivity index (χ0v) is 14.4. The van der Waals surface area contributed by atoms with Crippen LogP contribution in [0.1, 0.15) is 19.3 Å². The summed E-state index contributed by atoms with van der Waals surface area (Å²) in [7, 11) is 0. The summed E-state index contributed by atoms with van der Waals surface area (Å²) in [5.74, 6) is -0.115. The quantitative estimate of drug-likeness (QED) is 0.696. The third kappa shape index (κ3) is 5.55. The minimum absolute atomic E-state index is 0.107. The molecule has 138 valence electrons. The van der Waals surface area contributed by atoms with Gasteiger partial charge in [-0.2, -0.15) is 5.10 Å². The molecule has 0 saturated carbocycles. The molecule has 0 spiro atoms. The van der Waals surface area contributed by atoms with Crippen LogP contribution in [0.25, 0.3) is 0 Å². The van der Waals surface area contributed by atoms with Crippen LogP contribution in [0.5, 0.6) is 0 Å². The highest BCUT2D eigenvalue weighted by Crippen LogP contribution is 2.14. The van der Waals surface area contributed by atoms with Gasteiger partial charge in [-0.3, -0.25) is 9.48 Å². The first-order valence-electron chi connectivity index (χ1n) is 8.58. The molecule has 1 aromatic heterocycles. The van der Waals surface area contributed by atoms with E-state index in [0.29, 0.717) is 30.9 Å². The number of rotatable bonds is 7. The lowest BCUT2D eigenvalue weighted by molar-refractivity contribution is -0.116. The summed E-state index contributed by atoms with van der Waals surface area (Å²) in [5, 5.41) is 12.3. The lowest BCUT2D eigenvalue weighted by Gasteiger charge is -2.12. The standard InChI is InChI=1S/C17H22N6O3/c24-16(7-8-23-12-18-11-20-23)21-13-3-5-14(6-4-13)22-17(25)19-10-15-2-1-9-26-15/h3-6,11-12,15H,1-2,7-10H2,(H,21,24)(H2,19,22,25). The van der Waals surface area contributed by atoms with E-state index in [4.69, 9.17) is 4.74 Å². The summed E-state index contributed by atoms with van der Waals surface area (Å²) in [5.41, 5.74) is 1.31. The number of hydrogen-bond donors (Lipinski definition) is 3. The molecule has 3 amide bonds. The van der Waals surface area contributed by atoms with Crippen LogP contribution in [0.15, 0.2) is 36.9 Å². The summed E-state index contributed by atoms with van der Waals surface area (Å²) in [4.78, 5) is 27.6. The van der Waals surface area contributed by atoms with Crippen molar-refractivity contribution in [2.24, 2.45) is 0 Å². The van der Waals surface area contributed by atoms with Crippen LogP contribution in [0.4, 0.5) is 16.2 Å². The van der Waals surface area contributed by atoms with E-state index >= 15 is 0 Å². The van der Waals surface area contributed by atoms with E-state index in [0.717, 1.165) is 19.4 Å². The lowest BCUT2D eigenvalue weighted by atomic mass is 10.2. The topological polar surface area (TPSA) is 110 Å². The fraction of sp³-hybridized carbons (Fsp3) is 0.412. The van der Waals surface area contributed by atoms with Crippen LogP contribution >= 0.6 is 0 Å². The maximum absolute atomic E-state index is 11.9. The molecule has 3 rings (SSSR count). The Morgan fingerprint density at radius 1 is 1.19 bits per heavy atom. The Kier molecular flexibility index (Phi) is 6.15. The minimum Gasteiger partial charge on any atom is -0.376 e. The van der Waals surface area contributed by atoms with Crippen molar-refractivity contribution in [3.63, 3.8) is 0 Å². The predicted octanol–water partition coefficient (Wildman–Crippen LogP) is 1.61. The third-order valence-electron chi connectivity index (χ3n) is 3.98. The SMILES string of the molecule is O=C(CCn1cncn1)Nc1ccc(NC(=O)NCC2CCCO2)cc1. The molecule has 0 aliphatic carbocycles. The number of nitrogens with one attached hydrogen (secondary N) is 3.